The number of aromatic nitrogens is 1. The van der Waals surface area contributed by atoms with Gasteiger partial charge in [-0.05, 0) is 44.9 Å². The second-order valence-electron chi connectivity index (χ2n) is 4.52. The number of amides is 1. The van der Waals surface area contributed by atoms with Crippen LogP contribution in [0, 0.1) is 6.92 Å². The van der Waals surface area contributed by atoms with Crippen molar-refractivity contribution in [1.29, 1.82) is 0 Å². The third kappa shape index (κ3) is 3.53. The minimum absolute atomic E-state index is 0.00602. The smallest absolute Gasteiger partial charge is 0.251 e. The SMILES string of the molecule is Cc1cc(C(=O)NCCC2CCCN2)ccn1. The van der Waals surface area contributed by atoms with Gasteiger partial charge in [0.1, 0.15) is 0 Å². The van der Waals surface area contributed by atoms with Gasteiger partial charge < -0.3 is 10.6 Å². The maximum Gasteiger partial charge on any atom is 0.251 e. The van der Waals surface area contributed by atoms with Crippen LogP contribution in [0.3, 0.4) is 0 Å². The molecule has 1 fully saturated rings. The number of nitrogens with one attached hydrogen (secondary N) is 2. The summed E-state index contributed by atoms with van der Waals surface area (Å²) in [5.41, 5.74) is 1.56. The van der Waals surface area contributed by atoms with Gasteiger partial charge >= 0.3 is 0 Å². The fourth-order valence-corrected chi connectivity index (χ4v) is 2.15. The van der Waals surface area contributed by atoms with Crippen LogP contribution in [0.5, 0.6) is 0 Å². The van der Waals surface area contributed by atoms with Gasteiger partial charge in [0.05, 0.1) is 0 Å². The summed E-state index contributed by atoms with van der Waals surface area (Å²) in [7, 11) is 0. The van der Waals surface area contributed by atoms with Crippen molar-refractivity contribution in [2.24, 2.45) is 0 Å². The fraction of sp³-hybridized carbons (Fsp3) is 0.538. The van der Waals surface area contributed by atoms with E-state index >= 15 is 0 Å². The molecule has 4 heteroatoms. The second kappa shape index (κ2) is 5.77. The topological polar surface area (TPSA) is 54.0 Å². The van der Waals surface area contributed by atoms with E-state index in [2.05, 4.69) is 15.6 Å². The van der Waals surface area contributed by atoms with Gasteiger partial charge in [0.25, 0.3) is 5.91 Å². The number of hydrogen-bond acceptors (Lipinski definition) is 3. The summed E-state index contributed by atoms with van der Waals surface area (Å²) < 4.78 is 0. The molecule has 0 saturated carbocycles. The van der Waals surface area contributed by atoms with Crippen LogP contribution in [-0.4, -0.2) is 30.0 Å². The molecule has 1 saturated heterocycles. The van der Waals surface area contributed by atoms with E-state index < -0.39 is 0 Å². The predicted octanol–water partition coefficient (Wildman–Crippen LogP) is 1.26. The fourth-order valence-electron chi connectivity index (χ4n) is 2.15. The summed E-state index contributed by atoms with van der Waals surface area (Å²) in [4.78, 5) is 15.9. The zero-order valence-corrected chi connectivity index (χ0v) is 10.2. The molecule has 2 heterocycles. The van der Waals surface area contributed by atoms with Crippen molar-refractivity contribution >= 4 is 5.91 Å². The van der Waals surface area contributed by atoms with Gasteiger partial charge in [-0.3, -0.25) is 9.78 Å². The van der Waals surface area contributed by atoms with Crippen LogP contribution >= 0.6 is 0 Å². The molecule has 1 unspecified atom stereocenters. The van der Waals surface area contributed by atoms with E-state index in [1.54, 1.807) is 12.3 Å². The summed E-state index contributed by atoms with van der Waals surface area (Å²) >= 11 is 0. The highest BCUT2D eigenvalue weighted by molar-refractivity contribution is 5.94. The molecule has 4 nitrogen and oxygen atoms in total. The van der Waals surface area contributed by atoms with Crippen LogP contribution in [0.2, 0.25) is 0 Å². The Labute approximate surface area is 102 Å². The van der Waals surface area contributed by atoms with E-state index in [0.29, 0.717) is 11.6 Å². The third-order valence-electron chi connectivity index (χ3n) is 3.10. The van der Waals surface area contributed by atoms with Crippen LogP contribution in [0.1, 0.15) is 35.3 Å². The van der Waals surface area contributed by atoms with E-state index in [9.17, 15) is 4.79 Å². The van der Waals surface area contributed by atoms with Gasteiger partial charge in [-0.1, -0.05) is 0 Å². The molecule has 1 aromatic rings. The summed E-state index contributed by atoms with van der Waals surface area (Å²) in [6.07, 6.45) is 5.16. The lowest BCUT2D eigenvalue weighted by Crippen LogP contribution is -2.30. The van der Waals surface area contributed by atoms with Gasteiger partial charge in [-0.15, -0.1) is 0 Å². The molecule has 0 aromatic carbocycles. The van der Waals surface area contributed by atoms with Gasteiger partial charge in [-0.25, -0.2) is 0 Å². The second-order valence-corrected chi connectivity index (χ2v) is 4.52. The zero-order chi connectivity index (χ0) is 12.1. The summed E-state index contributed by atoms with van der Waals surface area (Å²) in [5, 5.41) is 6.36. The van der Waals surface area contributed by atoms with Gasteiger partial charge in [0, 0.05) is 30.0 Å². The van der Waals surface area contributed by atoms with E-state index in [1.165, 1.54) is 12.8 Å². The highest BCUT2D eigenvalue weighted by atomic mass is 16.1. The molecular formula is C13H19N3O. The van der Waals surface area contributed by atoms with Crippen LogP contribution < -0.4 is 10.6 Å². The molecule has 0 bridgehead atoms. The molecule has 1 aliphatic rings. The third-order valence-corrected chi connectivity index (χ3v) is 3.10. The maximum absolute atomic E-state index is 11.8. The molecule has 0 radical (unpaired) electrons. The van der Waals surface area contributed by atoms with Crippen molar-refractivity contribution in [1.82, 2.24) is 15.6 Å². The number of aryl methyl sites for hydroxylation is 1. The first-order valence-electron chi connectivity index (χ1n) is 6.20. The molecule has 0 spiro atoms. The quantitative estimate of drug-likeness (QED) is 0.823. The Kier molecular flexibility index (Phi) is 4.09. The Hall–Kier alpha value is -1.42. The number of carbonyl (C=O) groups excluding carboxylic acids is 1. The number of hydrogen-bond donors (Lipinski definition) is 2. The molecule has 2 rings (SSSR count). The minimum Gasteiger partial charge on any atom is -0.352 e. The van der Waals surface area contributed by atoms with E-state index in [-0.39, 0.29) is 5.91 Å². The van der Waals surface area contributed by atoms with E-state index in [4.69, 9.17) is 0 Å². The van der Waals surface area contributed by atoms with Crippen molar-refractivity contribution in [3.05, 3.63) is 29.6 Å². The Bertz CT molecular complexity index is 386. The van der Waals surface area contributed by atoms with Crippen LogP contribution in [0.15, 0.2) is 18.3 Å². The van der Waals surface area contributed by atoms with E-state index in [0.717, 1.165) is 25.2 Å². The Morgan fingerprint density at radius 3 is 3.24 bits per heavy atom. The van der Waals surface area contributed by atoms with Crippen molar-refractivity contribution in [3.8, 4) is 0 Å². The minimum atomic E-state index is -0.00602. The molecule has 2 N–H and O–H groups in total. The highest BCUT2D eigenvalue weighted by Gasteiger charge is 2.13. The summed E-state index contributed by atoms with van der Waals surface area (Å²) in [5.74, 6) is -0.00602. The molecule has 0 aliphatic carbocycles. The average molecular weight is 233 g/mol. The Morgan fingerprint density at radius 2 is 2.53 bits per heavy atom. The van der Waals surface area contributed by atoms with E-state index in [1.807, 2.05) is 13.0 Å². The average Bonchev–Trinajstić information content (AvgIpc) is 2.82. The van der Waals surface area contributed by atoms with Gasteiger partial charge in [0.2, 0.25) is 0 Å². The number of pyridine rings is 1. The Morgan fingerprint density at radius 1 is 1.65 bits per heavy atom. The van der Waals surface area contributed by atoms with Gasteiger partial charge in [-0.2, -0.15) is 0 Å². The first-order chi connectivity index (χ1) is 8.25. The van der Waals surface area contributed by atoms with Crippen molar-refractivity contribution in [3.63, 3.8) is 0 Å². The lowest BCUT2D eigenvalue weighted by Gasteiger charge is -2.10. The molecule has 17 heavy (non-hydrogen) atoms. The highest BCUT2D eigenvalue weighted by Crippen LogP contribution is 2.07. The predicted molar refractivity (Wildman–Crippen MR) is 66.9 cm³/mol. The van der Waals surface area contributed by atoms with Gasteiger partial charge in [0.15, 0.2) is 0 Å². The van der Waals surface area contributed by atoms with Crippen LogP contribution in [-0.2, 0) is 0 Å². The normalized spacial score (nSPS) is 19.2. The van der Waals surface area contributed by atoms with Crippen LogP contribution in [0.4, 0.5) is 0 Å². The lowest BCUT2D eigenvalue weighted by atomic mass is 10.1. The largest absolute Gasteiger partial charge is 0.352 e. The standard InChI is InChI=1S/C13H19N3O/c1-10-9-11(4-7-14-10)13(17)16-8-5-12-3-2-6-15-12/h4,7,9,12,15H,2-3,5-6,8H2,1H3,(H,16,17). The summed E-state index contributed by atoms with van der Waals surface area (Å²) in [6.45, 7) is 3.74. The number of nitrogens with zero attached hydrogens (tertiary/aromatic N) is 1. The molecule has 1 atom stereocenters. The molecule has 92 valence electrons. The van der Waals surface area contributed by atoms with Crippen molar-refractivity contribution in [2.75, 3.05) is 13.1 Å². The summed E-state index contributed by atoms with van der Waals surface area (Å²) in [6, 6.07) is 4.13. The van der Waals surface area contributed by atoms with Crippen molar-refractivity contribution in [2.45, 2.75) is 32.2 Å². The number of rotatable bonds is 4. The Balaban J connectivity index is 1.77. The maximum atomic E-state index is 11.8. The molecule has 1 aromatic heterocycles. The molecule has 1 aliphatic heterocycles. The molecular weight excluding hydrogens is 214 g/mol. The molecule has 1 amide bonds. The lowest BCUT2D eigenvalue weighted by molar-refractivity contribution is 0.0952. The first-order valence-corrected chi connectivity index (χ1v) is 6.20. The monoisotopic (exact) mass is 233 g/mol. The zero-order valence-electron chi connectivity index (χ0n) is 10.2. The first kappa shape index (κ1) is 12.0. The van der Waals surface area contributed by atoms with Crippen LogP contribution in [0.25, 0.3) is 0 Å². The van der Waals surface area contributed by atoms with Crippen molar-refractivity contribution < 1.29 is 4.79 Å². The number of carbonyl (C=O) groups is 1.